The van der Waals surface area contributed by atoms with Gasteiger partial charge in [-0.2, -0.15) is 0 Å². The average molecular weight is 343 g/mol. The number of aryl methyl sites for hydroxylation is 1. The minimum atomic E-state index is -1.01. The van der Waals surface area contributed by atoms with Gasteiger partial charge in [0.25, 0.3) is 5.91 Å². The molecule has 0 aliphatic heterocycles. The first-order valence-corrected chi connectivity index (χ1v) is 7.02. The third-order valence-corrected chi connectivity index (χ3v) is 3.43. The third kappa shape index (κ3) is 3.99. The zero-order valence-corrected chi connectivity index (χ0v) is 13.2. The van der Waals surface area contributed by atoms with Crippen LogP contribution >= 0.6 is 23.2 Å². The fourth-order valence-corrected chi connectivity index (χ4v) is 1.86. The monoisotopic (exact) mass is 342 g/mol. The second-order valence-electron chi connectivity index (χ2n) is 4.49. The van der Waals surface area contributed by atoms with Gasteiger partial charge >= 0.3 is 5.97 Å². The number of amides is 1. The van der Waals surface area contributed by atoms with E-state index in [1.54, 1.807) is 13.0 Å². The molecule has 1 aromatic carbocycles. The Morgan fingerprint density at radius 1 is 1.27 bits per heavy atom. The van der Waals surface area contributed by atoms with Gasteiger partial charge in [0, 0.05) is 6.07 Å². The number of carbonyl (C=O) groups is 2. The van der Waals surface area contributed by atoms with E-state index in [-0.39, 0.29) is 16.4 Å². The van der Waals surface area contributed by atoms with Crippen LogP contribution in [0.1, 0.15) is 23.0 Å². The first-order valence-electron chi connectivity index (χ1n) is 6.27. The highest BCUT2D eigenvalue weighted by Crippen LogP contribution is 2.23. The van der Waals surface area contributed by atoms with Gasteiger partial charge in [-0.05, 0) is 32.0 Å². The highest BCUT2D eigenvalue weighted by molar-refractivity contribution is 6.42. The number of esters is 1. The Kier molecular flexibility index (Phi) is 5.05. The highest BCUT2D eigenvalue weighted by Gasteiger charge is 2.20. The van der Waals surface area contributed by atoms with Crippen LogP contribution in [0.25, 0.3) is 0 Å². The van der Waals surface area contributed by atoms with Crippen molar-refractivity contribution in [1.29, 1.82) is 0 Å². The van der Waals surface area contributed by atoms with Crippen molar-refractivity contribution in [2.75, 3.05) is 5.32 Å². The van der Waals surface area contributed by atoms with Crippen LogP contribution in [-0.4, -0.2) is 23.1 Å². The summed E-state index contributed by atoms with van der Waals surface area (Å²) in [4.78, 5) is 23.8. The van der Waals surface area contributed by atoms with E-state index >= 15 is 0 Å². The molecular weight excluding hydrogens is 331 g/mol. The quantitative estimate of drug-likeness (QED) is 0.860. The molecule has 1 amide bonds. The fourth-order valence-electron chi connectivity index (χ4n) is 1.56. The standard InChI is InChI=1S/C14H12Cl2N2O4/c1-7-5-12(18-22-7)17-13(19)8(2)21-14(20)9-3-4-10(15)11(16)6-9/h3-6,8H,1-2H3,(H,17,18,19)/t8-/m1/s1. The summed E-state index contributed by atoms with van der Waals surface area (Å²) in [6.45, 7) is 3.13. The lowest BCUT2D eigenvalue weighted by molar-refractivity contribution is -0.123. The van der Waals surface area contributed by atoms with E-state index < -0.39 is 18.0 Å². The predicted molar refractivity (Wildman–Crippen MR) is 81.2 cm³/mol. The van der Waals surface area contributed by atoms with Crippen molar-refractivity contribution in [3.8, 4) is 0 Å². The molecule has 0 aliphatic rings. The summed E-state index contributed by atoms with van der Waals surface area (Å²) in [6, 6.07) is 5.86. The molecule has 1 atom stereocenters. The molecule has 8 heteroatoms. The number of hydrogen-bond acceptors (Lipinski definition) is 5. The molecule has 0 aliphatic carbocycles. The van der Waals surface area contributed by atoms with Crippen LogP contribution in [0.15, 0.2) is 28.8 Å². The summed E-state index contributed by atoms with van der Waals surface area (Å²) in [5.41, 5.74) is 0.200. The van der Waals surface area contributed by atoms with Gasteiger partial charge in [0.15, 0.2) is 11.9 Å². The van der Waals surface area contributed by atoms with Crippen LogP contribution < -0.4 is 5.32 Å². The van der Waals surface area contributed by atoms with E-state index in [1.807, 2.05) is 0 Å². The van der Waals surface area contributed by atoms with E-state index in [4.69, 9.17) is 32.5 Å². The largest absolute Gasteiger partial charge is 0.449 e. The van der Waals surface area contributed by atoms with Crippen molar-refractivity contribution in [2.24, 2.45) is 0 Å². The molecule has 0 radical (unpaired) electrons. The summed E-state index contributed by atoms with van der Waals surface area (Å²) in [7, 11) is 0. The number of benzene rings is 1. The van der Waals surface area contributed by atoms with E-state index in [2.05, 4.69) is 10.5 Å². The number of anilines is 1. The van der Waals surface area contributed by atoms with Gasteiger partial charge in [0.1, 0.15) is 5.76 Å². The predicted octanol–water partition coefficient (Wildman–Crippen LogP) is 3.47. The molecule has 0 spiro atoms. The molecule has 1 aromatic heterocycles. The van der Waals surface area contributed by atoms with E-state index in [0.29, 0.717) is 10.8 Å². The number of carbonyl (C=O) groups excluding carboxylic acids is 2. The molecule has 6 nitrogen and oxygen atoms in total. The number of halogens is 2. The first-order chi connectivity index (χ1) is 10.4. The van der Waals surface area contributed by atoms with Gasteiger partial charge in [-0.3, -0.25) is 4.79 Å². The Hall–Kier alpha value is -2.05. The lowest BCUT2D eigenvalue weighted by Gasteiger charge is -2.12. The lowest BCUT2D eigenvalue weighted by atomic mass is 10.2. The lowest BCUT2D eigenvalue weighted by Crippen LogP contribution is -2.30. The van der Waals surface area contributed by atoms with Gasteiger partial charge in [-0.15, -0.1) is 0 Å². The van der Waals surface area contributed by atoms with Gasteiger partial charge in [0.05, 0.1) is 15.6 Å². The summed E-state index contributed by atoms with van der Waals surface area (Å²) in [5.74, 6) is -0.407. The molecule has 0 saturated heterocycles. The van der Waals surface area contributed by atoms with Gasteiger partial charge < -0.3 is 14.6 Å². The number of nitrogens with zero attached hydrogens (tertiary/aromatic N) is 1. The molecule has 116 valence electrons. The Morgan fingerprint density at radius 2 is 2.00 bits per heavy atom. The summed E-state index contributed by atoms with van der Waals surface area (Å²) >= 11 is 11.6. The molecule has 2 rings (SSSR count). The van der Waals surface area contributed by atoms with Gasteiger partial charge in [0.2, 0.25) is 0 Å². The van der Waals surface area contributed by atoms with Crippen molar-refractivity contribution in [1.82, 2.24) is 5.16 Å². The maximum atomic E-state index is 11.9. The SMILES string of the molecule is Cc1cc(NC(=O)[C@@H](C)OC(=O)c2ccc(Cl)c(Cl)c2)no1. The molecule has 1 N–H and O–H groups in total. The smallest absolute Gasteiger partial charge is 0.338 e. The minimum absolute atomic E-state index is 0.200. The first kappa shape index (κ1) is 16.3. The Labute approximate surface area is 136 Å². The number of nitrogens with one attached hydrogen (secondary N) is 1. The van der Waals surface area contributed by atoms with Crippen LogP contribution in [0.5, 0.6) is 0 Å². The van der Waals surface area contributed by atoms with Crippen molar-refractivity contribution in [2.45, 2.75) is 20.0 Å². The Morgan fingerprint density at radius 3 is 2.59 bits per heavy atom. The van der Waals surface area contributed by atoms with E-state index in [1.165, 1.54) is 25.1 Å². The summed E-state index contributed by atoms with van der Waals surface area (Å²) in [6.07, 6.45) is -1.01. The van der Waals surface area contributed by atoms with E-state index in [9.17, 15) is 9.59 Å². The average Bonchev–Trinajstić information content (AvgIpc) is 2.86. The molecule has 0 unspecified atom stereocenters. The van der Waals surface area contributed by atoms with Crippen LogP contribution in [0.3, 0.4) is 0 Å². The highest BCUT2D eigenvalue weighted by atomic mass is 35.5. The van der Waals surface area contributed by atoms with Crippen LogP contribution in [-0.2, 0) is 9.53 Å². The van der Waals surface area contributed by atoms with Gasteiger partial charge in [-0.25, -0.2) is 4.79 Å². The number of aromatic nitrogens is 1. The van der Waals surface area contributed by atoms with Crippen LogP contribution in [0.2, 0.25) is 10.0 Å². The van der Waals surface area contributed by atoms with Gasteiger partial charge in [-0.1, -0.05) is 28.4 Å². The van der Waals surface area contributed by atoms with E-state index in [0.717, 1.165) is 0 Å². The molecule has 0 saturated carbocycles. The number of hydrogen-bond donors (Lipinski definition) is 1. The third-order valence-electron chi connectivity index (χ3n) is 2.69. The molecular formula is C14H12Cl2N2O4. The van der Waals surface area contributed by atoms with Crippen molar-refractivity contribution in [3.63, 3.8) is 0 Å². The Bertz CT molecular complexity index is 715. The maximum absolute atomic E-state index is 11.9. The molecule has 22 heavy (non-hydrogen) atoms. The summed E-state index contributed by atoms with van der Waals surface area (Å²) < 4.78 is 9.88. The minimum Gasteiger partial charge on any atom is -0.449 e. The van der Waals surface area contributed by atoms with Crippen molar-refractivity contribution < 1.29 is 18.8 Å². The second kappa shape index (κ2) is 6.81. The topological polar surface area (TPSA) is 81.4 Å². The summed E-state index contributed by atoms with van der Waals surface area (Å²) in [5, 5.41) is 6.64. The number of ether oxygens (including phenoxy) is 1. The van der Waals surface area contributed by atoms with Crippen molar-refractivity contribution >= 4 is 40.9 Å². The van der Waals surface area contributed by atoms with Crippen LogP contribution in [0.4, 0.5) is 5.82 Å². The molecule has 1 heterocycles. The maximum Gasteiger partial charge on any atom is 0.338 e. The number of rotatable bonds is 4. The Balaban J connectivity index is 1.98. The zero-order chi connectivity index (χ0) is 16.3. The molecule has 2 aromatic rings. The molecule has 0 fully saturated rings. The van der Waals surface area contributed by atoms with Crippen molar-refractivity contribution in [3.05, 3.63) is 45.6 Å². The molecule has 0 bridgehead atoms. The van der Waals surface area contributed by atoms with Crippen LogP contribution in [0, 0.1) is 6.92 Å². The normalized spacial score (nSPS) is 11.8. The zero-order valence-electron chi connectivity index (χ0n) is 11.7. The fraction of sp³-hybridized carbons (Fsp3) is 0.214. The second-order valence-corrected chi connectivity index (χ2v) is 5.30.